The van der Waals surface area contributed by atoms with Crippen molar-refractivity contribution in [2.45, 2.75) is 0 Å². The molecule has 0 saturated carbocycles. The first kappa shape index (κ1) is 14.4. The molecular formula is C13H13IO4S. The number of hydrogen-bond donors (Lipinski definition) is 0. The third-order valence-electron chi connectivity index (χ3n) is 2.21. The summed E-state index contributed by atoms with van der Waals surface area (Å²) in [5, 5.41) is 0. The standard InChI is InChI=1S/C13H13IO4S/c1-17-19(15,16)18-14(12-8-4-2-5-9-12)13-10-6-3-7-11-13/h2-11H,1H3. The zero-order chi connectivity index (χ0) is 13.7. The van der Waals surface area contributed by atoms with Crippen molar-refractivity contribution in [2.24, 2.45) is 0 Å². The van der Waals surface area contributed by atoms with Gasteiger partial charge in [-0.1, -0.05) is 0 Å². The van der Waals surface area contributed by atoms with Crippen LogP contribution < -0.4 is 0 Å². The molecule has 4 nitrogen and oxygen atoms in total. The van der Waals surface area contributed by atoms with E-state index in [2.05, 4.69) is 4.18 Å². The van der Waals surface area contributed by atoms with Gasteiger partial charge < -0.3 is 0 Å². The number of benzene rings is 2. The minimum atomic E-state index is -3.95. The summed E-state index contributed by atoms with van der Waals surface area (Å²) in [6, 6.07) is 18.7. The molecule has 2 aromatic rings. The molecule has 0 fully saturated rings. The summed E-state index contributed by atoms with van der Waals surface area (Å²) in [7, 11) is -2.85. The van der Waals surface area contributed by atoms with Crippen LogP contribution in [-0.2, 0) is 17.1 Å². The van der Waals surface area contributed by atoms with Gasteiger partial charge in [0.15, 0.2) is 0 Å². The Morgan fingerprint density at radius 3 is 1.63 bits per heavy atom. The maximum atomic E-state index is 11.6. The van der Waals surface area contributed by atoms with E-state index >= 15 is 0 Å². The summed E-state index contributed by atoms with van der Waals surface area (Å²) in [6.07, 6.45) is 0. The second-order valence-electron chi connectivity index (χ2n) is 3.48. The predicted molar refractivity (Wildman–Crippen MR) is 81.3 cm³/mol. The van der Waals surface area contributed by atoms with Crippen LogP contribution in [0.25, 0.3) is 0 Å². The fraction of sp³-hybridized carbons (Fsp3) is 0.0769. The molecule has 0 aliphatic rings. The Bertz CT molecular complexity index is 574. The van der Waals surface area contributed by atoms with E-state index < -0.39 is 30.6 Å². The monoisotopic (exact) mass is 392 g/mol. The molecule has 0 radical (unpaired) electrons. The molecule has 2 aromatic carbocycles. The van der Waals surface area contributed by atoms with Crippen molar-refractivity contribution in [3.63, 3.8) is 0 Å². The summed E-state index contributed by atoms with van der Waals surface area (Å²) >= 11 is -2.51. The summed E-state index contributed by atoms with van der Waals surface area (Å²) in [5.41, 5.74) is 0. The van der Waals surface area contributed by atoms with Crippen molar-refractivity contribution in [1.82, 2.24) is 0 Å². The summed E-state index contributed by atoms with van der Waals surface area (Å²) in [4.78, 5) is 0. The summed E-state index contributed by atoms with van der Waals surface area (Å²) < 4.78 is 34.6. The zero-order valence-corrected chi connectivity index (χ0v) is 13.2. The number of halogens is 1. The van der Waals surface area contributed by atoms with Crippen molar-refractivity contribution in [3.8, 4) is 0 Å². The van der Waals surface area contributed by atoms with Crippen LogP contribution >= 0.6 is 20.2 Å². The van der Waals surface area contributed by atoms with Crippen LogP contribution in [-0.4, -0.2) is 15.5 Å². The fourth-order valence-electron chi connectivity index (χ4n) is 1.36. The Morgan fingerprint density at radius 2 is 1.26 bits per heavy atom. The molecule has 0 spiro atoms. The topological polar surface area (TPSA) is 52.6 Å². The van der Waals surface area contributed by atoms with Crippen LogP contribution in [0.4, 0.5) is 0 Å². The second kappa shape index (κ2) is 6.47. The van der Waals surface area contributed by atoms with Gasteiger partial charge in [-0.15, -0.1) is 0 Å². The fourth-order valence-corrected chi connectivity index (χ4v) is 7.57. The Balaban J connectivity index is 2.40. The first-order valence-corrected chi connectivity index (χ1v) is 9.80. The zero-order valence-electron chi connectivity index (χ0n) is 10.2. The first-order valence-electron chi connectivity index (χ1n) is 5.43. The molecule has 0 amide bonds. The van der Waals surface area contributed by atoms with Gasteiger partial charge in [0.25, 0.3) is 0 Å². The van der Waals surface area contributed by atoms with E-state index in [9.17, 15) is 8.42 Å². The van der Waals surface area contributed by atoms with Crippen LogP contribution in [0, 0.1) is 7.14 Å². The van der Waals surface area contributed by atoms with Gasteiger partial charge in [-0.2, -0.15) is 0 Å². The van der Waals surface area contributed by atoms with Crippen LogP contribution in [0.3, 0.4) is 0 Å². The Kier molecular flexibility index (Phi) is 4.92. The Hall–Kier alpha value is -0.960. The summed E-state index contributed by atoms with van der Waals surface area (Å²) in [6.45, 7) is 0. The van der Waals surface area contributed by atoms with E-state index in [0.29, 0.717) is 0 Å². The normalized spacial score (nSPS) is 12.2. The van der Waals surface area contributed by atoms with E-state index in [0.717, 1.165) is 14.3 Å². The molecule has 2 rings (SSSR count). The van der Waals surface area contributed by atoms with E-state index in [1.807, 2.05) is 60.7 Å². The number of hydrogen-bond acceptors (Lipinski definition) is 4. The van der Waals surface area contributed by atoms with Crippen molar-refractivity contribution in [2.75, 3.05) is 7.11 Å². The van der Waals surface area contributed by atoms with Crippen LogP contribution in [0.5, 0.6) is 0 Å². The van der Waals surface area contributed by atoms with Gasteiger partial charge in [0.2, 0.25) is 0 Å². The molecule has 0 aromatic heterocycles. The third-order valence-corrected chi connectivity index (χ3v) is 9.00. The molecule has 0 aliphatic carbocycles. The summed E-state index contributed by atoms with van der Waals surface area (Å²) in [5.74, 6) is 0. The van der Waals surface area contributed by atoms with Gasteiger partial charge in [-0.3, -0.25) is 0 Å². The van der Waals surface area contributed by atoms with Crippen LogP contribution in [0.15, 0.2) is 60.7 Å². The van der Waals surface area contributed by atoms with E-state index in [1.54, 1.807) is 0 Å². The van der Waals surface area contributed by atoms with Crippen molar-refractivity contribution in [1.29, 1.82) is 0 Å². The molecule has 0 N–H and O–H groups in total. The van der Waals surface area contributed by atoms with Gasteiger partial charge in [-0.05, 0) is 0 Å². The molecule has 0 aliphatic heterocycles. The molecule has 102 valence electrons. The average molecular weight is 392 g/mol. The quantitative estimate of drug-likeness (QED) is 0.735. The molecule has 19 heavy (non-hydrogen) atoms. The molecule has 0 saturated heterocycles. The predicted octanol–water partition coefficient (Wildman–Crippen LogP) is 3.06. The molecule has 0 unspecified atom stereocenters. The van der Waals surface area contributed by atoms with Gasteiger partial charge in [0.1, 0.15) is 0 Å². The molecule has 0 heterocycles. The van der Waals surface area contributed by atoms with E-state index in [4.69, 9.17) is 2.51 Å². The van der Waals surface area contributed by atoms with E-state index in [-0.39, 0.29) is 0 Å². The van der Waals surface area contributed by atoms with Gasteiger partial charge >= 0.3 is 121 Å². The van der Waals surface area contributed by atoms with E-state index in [1.165, 1.54) is 0 Å². The third kappa shape index (κ3) is 4.00. The van der Waals surface area contributed by atoms with Gasteiger partial charge in [-0.25, -0.2) is 0 Å². The van der Waals surface area contributed by atoms with Crippen molar-refractivity contribution in [3.05, 3.63) is 67.8 Å². The Labute approximate surface area is 120 Å². The Morgan fingerprint density at radius 1 is 0.842 bits per heavy atom. The molecular weight excluding hydrogens is 379 g/mol. The van der Waals surface area contributed by atoms with Crippen molar-refractivity contribution < 1.29 is 15.1 Å². The van der Waals surface area contributed by atoms with Gasteiger partial charge in [0.05, 0.1) is 0 Å². The number of rotatable bonds is 5. The maximum absolute atomic E-state index is 11.6. The van der Waals surface area contributed by atoms with Crippen LogP contribution in [0.2, 0.25) is 0 Å². The van der Waals surface area contributed by atoms with Crippen LogP contribution in [0.1, 0.15) is 0 Å². The minimum absolute atomic E-state index is 0.901. The molecule has 0 atom stereocenters. The van der Waals surface area contributed by atoms with Crippen molar-refractivity contribution >= 4 is 30.6 Å². The second-order valence-corrected chi connectivity index (χ2v) is 9.74. The average Bonchev–Trinajstić information content (AvgIpc) is 2.47. The molecule has 6 heteroatoms. The van der Waals surface area contributed by atoms with Gasteiger partial charge in [0, 0.05) is 0 Å². The SMILES string of the molecule is COS(=O)(=O)OI(c1ccccc1)c1ccccc1. The first-order chi connectivity index (χ1) is 9.12. The molecule has 0 bridgehead atoms.